The molecule has 6 heteroatoms. The van der Waals surface area contributed by atoms with Crippen molar-refractivity contribution in [3.63, 3.8) is 0 Å². The number of benzene rings is 1. The van der Waals surface area contributed by atoms with E-state index in [9.17, 15) is 0 Å². The first-order chi connectivity index (χ1) is 11.7. The summed E-state index contributed by atoms with van der Waals surface area (Å²) < 4.78 is 11.1. The van der Waals surface area contributed by atoms with E-state index in [2.05, 4.69) is 41.6 Å². The molecule has 0 radical (unpaired) electrons. The SMILES string of the molecule is CCNC(=NCCC1CCCO1)NCCc1cc(C)ccc1OC.I. The minimum Gasteiger partial charge on any atom is -0.496 e. The normalized spacial score (nSPS) is 17.1. The number of guanidine groups is 1. The number of aliphatic imine (C=N–C) groups is 1. The Morgan fingerprint density at radius 1 is 1.36 bits per heavy atom. The zero-order valence-electron chi connectivity index (χ0n) is 15.6. The van der Waals surface area contributed by atoms with Gasteiger partial charge >= 0.3 is 0 Å². The molecule has 2 rings (SSSR count). The maximum absolute atomic E-state index is 5.65. The maximum Gasteiger partial charge on any atom is 0.191 e. The van der Waals surface area contributed by atoms with Crippen molar-refractivity contribution in [2.75, 3.05) is 33.4 Å². The molecule has 0 aromatic heterocycles. The third-order valence-electron chi connectivity index (χ3n) is 4.21. The van der Waals surface area contributed by atoms with Gasteiger partial charge in [-0.05, 0) is 51.2 Å². The van der Waals surface area contributed by atoms with E-state index in [0.717, 1.165) is 50.8 Å². The molecular weight excluding hydrogens is 429 g/mol. The molecule has 0 bridgehead atoms. The molecule has 1 fully saturated rings. The largest absolute Gasteiger partial charge is 0.496 e. The monoisotopic (exact) mass is 461 g/mol. The number of aryl methyl sites for hydroxylation is 1. The van der Waals surface area contributed by atoms with Gasteiger partial charge in [-0.3, -0.25) is 4.99 Å². The van der Waals surface area contributed by atoms with E-state index in [4.69, 9.17) is 9.47 Å². The number of rotatable bonds is 8. The van der Waals surface area contributed by atoms with Gasteiger partial charge in [0.1, 0.15) is 5.75 Å². The van der Waals surface area contributed by atoms with Gasteiger partial charge in [0.15, 0.2) is 5.96 Å². The lowest BCUT2D eigenvalue weighted by Crippen LogP contribution is -2.38. The topological polar surface area (TPSA) is 54.9 Å². The minimum absolute atomic E-state index is 0. The molecule has 1 heterocycles. The molecular formula is C19H32IN3O2. The van der Waals surface area contributed by atoms with Crippen molar-refractivity contribution in [3.8, 4) is 5.75 Å². The number of halogens is 1. The van der Waals surface area contributed by atoms with Gasteiger partial charge in [-0.2, -0.15) is 0 Å². The first-order valence-corrected chi connectivity index (χ1v) is 9.00. The van der Waals surface area contributed by atoms with Gasteiger partial charge in [0, 0.05) is 26.2 Å². The summed E-state index contributed by atoms with van der Waals surface area (Å²) in [7, 11) is 1.72. The molecule has 25 heavy (non-hydrogen) atoms. The van der Waals surface area contributed by atoms with E-state index in [1.165, 1.54) is 24.0 Å². The van der Waals surface area contributed by atoms with Crippen molar-refractivity contribution in [1.82, 2.24) is 10.6 Å². The third-order valence-corrected chi connectivity index (χ3v) is 4.21. The highest BCUT2D eigenvalue weighted by atomic mass is 127. The lowest BCUT2D eigenvalue weighted by Gasteiger charge is -2.14. The quantitative estimate of drug-likeness (QED) is 0.355. The molecule has 1 aliphatic rings. The lowest BCUT2D eigenvalue weighted by atomic mass is 10.1. The Morgan fingerprint density at radius 3 is 2.88 bits per heavy atom. The summed E-state index contributed by atoms with van der Waals surface area (Å²) in [6.07, 6.45) is 4.66. The molecule has 1 aliphatic heterocycles. The van der Waals surface area contributed by atoms with Crippen LogP contribution in [0.4, 0.5) is 0 Å². The molecule has 0 amide bonds. The second-order valence-corrected chi connectivity index (χ2v) is 6.18. The van der Waals surface area contributed by atoms with Crippen molar-refractivity contribution in [2.24, 2.45) is 4.99 Å². The number of ether oxygens (including phenoxy) is 2. The Balaban J connectivity index is 0.00000312. The second-order valence-electron chi connectivity index (χ2n) is 6.18. The van der Waals surface area contributed by atoms with Crippen LogP contribution in [0.1, 0.15) is 37.3 Å². The number of nitrogens with zero attached hydrogens (tertiary/aromatic N) is 1. The maximum atomic E-state index is 5.65. The number of hydrogen-bond donors (Lipinski definition) is 2. The Morgan fingerprint density at radius 2 is 2.20 bits per heavy atom. The first kappa shape index (κ1) is 22.0. The smallest absolute Gasteiger partial charge is 0.191 e. The molecule has 5 nitrogen and oxygen atoms in total. The van der Waals surface area contributed by atoms with Crippen LogP contribution in [0.25, 0.3) is 0 Å². The summed E-state index contributed by atoms with van der Waals surface area (Å²) in [5.74, 6) is 1.82. The molecule has 1 saturated heterocycles. The van der Waals surface area contributed by atoms with Crippen molar-refractivity contribution >= 4 is 29.9 Å². The van der Waals surface area contributed by atoms with Crippen LogP contribution in [-0.4, -0.2) is 45.4 Å². The van der Waals surface area contributed by atoms with Gasteiger partial charge in [-0.1, -0.05) is 17.7 Å². The fourth-order valence-electron chi connectivity index (χ4n) is 2.95. The molecule has 0 saturated carbocycles. The standard InChI is InChI=1S/C19H31N3O2.HI/c1-4-20-19(22-12-10-17-6-5-13-24-17)21-11-9-16-14-15(2)7-8-18(16)23-3;/h7-8,14,17H,4-6,9-13H2,1-3H3,(H2,20,21,22);1H. The molecule has 1 aromatic rings. The zero-order chi connectivity index (χ0) is 17.2. The molecule has 1 aromatic carbocycles. The first-order valence-electron chi connectivity index (χ1n) is 9.00. The predicted octanol–water partition coefficient (Wildman–Crippen LogP) is 3.29. The molecule has 142 valence electrons. The van der Waals surface area contributed by atoms with Crippen molar-refractivity contribution < 1.29 is 9.47 Å². The zero-order valence-corrected chi connectivity index (χ0v) is 18.0. The van der Waals surface area contributed by atoms with E-state index >= 15 is 0 Å². The average Bonchev–Trinajstić information content (AvgIpc) is 3.08. The Hall–Kier alpha value is -1.02. The fraction of sp³-hybridized carbons (Fsp3) is 0.632. The Labute approximate surface area is 169 Å². The predicted molar refractivity (Wildman–Crippen MR) is 114 cm³/mol. The molecule has 0 aliphatic carbocycles. The van der Waals surface area contributed by atoms with Crippen LogP contribution in [0.15, 0.2) is 23.2 Å². The summed E-state index contributed by atoms with van der Waals surface area (Å²) in [6, 6.07) is 6.29. The van der Waals surface area contributed by atoms with E-state index in [0.29, 0.717) is 6.10 Å². The molecule has 0 spiro atoms. The summed E-state index contributed by atoms with van der Waals surface area (Å²) in [6.45, 7) is 7.58. The Kier molecular flexibility index (Phi) is 10.9. The summed E-state index contributed by atoms with van der Waals surface area (Å²) in [5, 5.41) is 6.71. The van der Waals surface area contributed by atoms with Crippen LogP contribution in [0.3, 0.4) is 0 Å². The van der Waals surface area contributed by atoms with Gasteiger partial charge < -0.3 is 20.1 Å². The van der Waals surface area contributed by atoms with E-state index in [1.54, 1.807) is 7.11 Å². The van der Waals surface area contributed by atoms with Crippen LogP contribution < -0.4 is 15.4 Å². The highest BCUT2D eigenvalue weighted by Crippen LogP contribution is 2.19. The molecule has 1 unspecified atom stereocenters. The van der Waals surface area contributed by atoms with E-state index < -0.39 is 0 Å². The van der Waals surface area contributed by atoms with Crippen LogP contribution >= 0.6 is 24.0 Å². The van der Waals surface area contributed by atoms with Gasteiger partial charge in [0.25, 0.3) is 0 Å². The van der Waals surface area contributed by atoms with Crippen LogP contribution in [-0.2, 0) is 11.2 Å². The van der Waals surface area contributed by atoms with Gasteiger partial charge in [-0.15, -0.1) is 24.0 Å². The van der Waals surface area contributed by atoms with Crippen molar-refractivity contribution in [1.29, 1.82) is 0 Å². The van der Waals surface area contributed by atoms with Gasteiger partial charge in [0.05, 0.1) is 13.2 Å². The third kappa shape index (κ3) is 7.81. The van der Waals surface area contributed by atoms with Crippen molar-refractivity contribution in [2.45, 2.75) is 45.6 Å². The highest BCUT2D eigenvalue weighted by Gasteiger charge is 2.14. The van der Waals surface area contributed by atoms with E-state index in [-0.39, 0.29) is 24.0 Å². The fourth-order valence-corrected chi connectivity index (χ4v) is 2.95. The second kappa shape index (κ2) is 12.4. The lowest BCUT2D eigenvalue weighted by molar-refractivity contribution is 0.106. The van der Waals surface area contributed by atoms with Crippen LogP contribution in [0.2, 0.25) is 0 Å². The summed E-state index contributed by atoms with van der Waals surface area (Å²) >= 11 is 0. The van der Waals surface area contributed by atoms with Gasteiger partial charge in [0.2, 0.25) is 0 Å². The van der Waals surface area contributed by atoms with Crippen molar-refractivity contribution in [3.05, 3.63) is 29.3 Å². The molecule has 1 atom stereocenters. The van der Waals surface area contributed by atoms with Gasteiger partial charge in [-0.25, -0.2) is 0 Å². The summed E-state index contributed by atoms with van der Waals surface area (Å²) in [4.78, 5) is 4.65. The van der Waals surface area contributed by atoms with Crippen LogP contribution in [0.5, 0.6) is 5.75 Å². The minimum atomic E-state index is 0. The molecule has 2 N–H and O–H groups in total. The number of hydrogen-bond acceptors (Lipinski definition) is 3. The Bertz CT molecular complexity index is 531. The summed E-state index contributed by atoms with van der Waals surface area (Å²) in [5.41, 5.74) is 2.48. The average molecular weight is 461 g/mol. The van der Waals surface area contributed by atoms with E-state index in [1.807, 2.05) is 6.07 Å². The van der Waals surface area contributed by atoms with Crippen LogP contribution in [0, 0.1) is 6.92 Å². The number of methoxy groups -OCH3 is 1. The highest BCUT2D eigenvalue weighted by molar-refractivity contribution is 14.0. The number of nitrogens with one attached hydrogen (secondary N) is 2.